The van der Waals surface area contributed by atoms with E-state index in [9.17, 15) is 4.79 Å². The van der Waals surface area contributed by atoms with Crippen LogP contribution in [0, 0.1) is 0 Å². The van der Waals surface area contributed by atoms with Crippen molar-refractivity contribution in [2.75, 3.05) is 6.54 Å². The van der Waals surface area contributed by atoms with Gasteiger partial charge in [0.2, 0.25) is 0 Å². The van der Waals surface area contributed by atoms with E-state index in [2.05, 4.69) is 5.32 Å². The molecule has 1 rings (SSSR count). The molecule has 0 radical (unpaired) electrons. The Morgan fingerprint density at radius 3 is 2.40 bits per heavy atom. The van der Waals surface area contributed by atoms with Gasteiger partial charge in [0.05, 0.1) is 21.6 Å². The summed E-state index contributed by atoms with van der Waals surface area (Å²) in [5, 5.41) is 4.16. The number of rotatable bonds is 4. The highest BCUT2D eigenvalue weighted by Gasteiger charge is 2.18. The summed E-state index contributed by atoms with van der Waals surface area (Å²) in [4.78, 5) is 11.6. The van der Waals surface area contributed by atoms with Gasteiger partial charge in [-0.05, 0) is 39.3 Å². The Kier molecular flexibility index (Phi) is 6.14. The van der Waals surface area contributed by atoms with E-state index in [4.69, 9.17) is 39.5 Å². The summed E-state index contributed by atoms with van der Waals surface area (Å²) in [5.74, 6) is -0.319. The van der Waals surface area contributed by atoms with Crippen LogP contribution in [0.3, 0.4) is 0 Å². The van der Waals surface area contributed by atoms with Crippen molar-refractivity contribution in [3.63, 3.8) is 0 Å². The van der Waals surface area contributed by atoms with E-state index in [1.54, 1.807) is 12.1 Å². The number of halogens is 3. The molecule has 1 aromatic rings. The lowest BCUT2D eigenvalue weighted by molar-refractivity contribution is -0.153. The summed E-state index contributed by atoms with van der Waals surface area (Å²) >= 11 is 18.0. The molecule has 0 saturated heterocycles. The number of ether oxygens (including phenoxy) is 1. The zero-order chi connectivity index (χ0) is 15.5. The van der Waals surface area contributed by atoms with Gasteiger partial charge in [-0.15, -0.1) is 0 Å². The summed E-state index contributed by atoms with van der Waals surface area (Å²) in [7, 11) is 0. The predicted octanol–water partition coefficient (Wildman–Crippen LogP) is 4.64. The third-order valence-corrected chi connectivity index (χ3v) is 3.81. The Morgan fingerprint density at radius 1 is 1.25 bits per heavy atom. The summed E-state index contributed by atoms with van der Waals surface area (Å²) in [6.45, 7) is 7.45. The lowest BCUT2D eigenvalue weighted by Crippen LogP contribution is -2.32. The monoisotopic (exact) mass is 337 g/mol. The fraction of sp³-hybridized carbons (Fsp3) is 0.500. The van der Waals surface area contributed by atoms with Gasteiger partial charge in [0, 0.05) is 6.04 Å². The van der Waals surface area contributed by atoms with Crippen LogP contribution in [0.2, 0.25) is 15.1 Å². The largest absolute Gasteiger partial charge is 0.459 e. The third kappa shape index (κ3) is 5.13. The molecule has 1 aromatic carbocycles. The quantitative estimate of drug-likeness (QED) is 0.642. The maximum atomic E-state index is 11.6. The van der Waals surface area contributed by atoms with Crippen molar-refractivity contribution < 1.29 is 9.53 Å². The number of carbonyl (C=O) groups is 1. The maximum Gasteiger partial charge on any atom is 0.320 e. The van der Waals surface area contributed by atoms with E-state index in [0.717, 1.165) is 5.56 Å². The van der Waals surface area contributed by atoms with Gasteiger partial charge in [-0.3, -0.25) is 4.79 Å². The first kappa shape index (κ1) is 17.6. The molecule has 1 unspecified atom stereocenters. The van der Waals surface area contributed by atoms with E-state index in [-0.39, 0.29) is 18.6 Å². The topological polar surface area (TPSA) is 38.3 Å². The normalized spacial score (nSPS) is 13.2. The van der Waals surface area contributed by atoms with Gasteiger partial charge in [0.25, 0.3) is 0 Å². The van der Waals surface area contributed by atoms with Gasteiger partial charge in [-0.2, -0.15) is 0 Å². The molecule has 0 aromatic heterocycles. The molecule has 1 N–H and O–H groups in total. The molecule has 0 amide bonds. The van der Waals surface area contributed by atoms with Gasteiger partial charge in [-0.25, -0.2) is 0 Å². The first-order chi connectivity index (χ1) is 9.11. The lowest BCUT2D eigenvalue weighted by atomic mass is 10.1. The molecule has 0 aliphatic rings. The van der Waals surface area contributed by atoms with Crippen LogP contribution in [0.4, 0.5) is 0 Å². The van der Waals surface area contributed by atoms with Crippen LogP contribution in [0.15, 0.2) is 12.1 Å². The molecule has 3 nitrogen and oxygen atoms in total. The molecule has 112 valence electrons. The second kappa shape index (κ2) is 6.99. The standard InChI is InChI=1S/C14H18Cl3NO2/c1-8(18-7-11(19)20-14(2,3)4)9-5-6-10(15)13(17)12(9)16/h5-6,8,18H,7H2,1-4H3. The molecule has 0 fully saturated rings. The Labute approximate surface area is 134 Å². The smallest absolute Gasteiger partial charge is 0.320 e. The molecule has 0 heterocycles. The van der Waals surface area contributed by atoms with Crippen molar-refractivity contribution in [1.82, 2.24) is 5.32 Å². The highest BCUT2D eigenvalue weighted by molar-refractivity contribution is 6.48. The second-order valence-electron chi connectivity index (χ2n) is 5.45. The SMILES string of the molecule is CC(NCC(=O)OC(C)(C)C)c1ccc(Cl)c(Cl)c1Cl. The number of benzene rings is 1. The first-order valence-electron chi connectivity index (χ1n) is 6.20. The molecule has 0 bridgehead atoms. The number of hydrogen-bond donors (Lipinski definition) is 1. The molecule has 6 heteroatoms. The molecule has 1 atom stereocenters. The molecular weight excluding hydrogens is 321 g/mol. The highest BCUT2D eigenvalue weighted by atomic mass is 35.5. The molecule has 0 saturated carbocycles. The summed E-state index contributed by atoms with van der Waals surface area (Å²) < 4.78 is 5.22. The molecule has 0 spiro atoms. The van der Waals surface area contributed by atoms with Crippen LogP contribution in [-0.4, -0.2) is 18.1 Å². The Bertz CT molecular complexity index is 498. The number of nitrogens with one attached hydrogen (secondary N) is 1. The van der Waals surface area contributed by atoms with Crippen LogP contribution in [0.25, 0.3) is 0 Å². The van der Waals surface area contributed by atoms with Crippen molar-refractivity contribution in [1.29, 1.82) is 0 Å². The highest BCUT2D eigenvalue weighted by Crippen LogP contribution is 2.35. The summed E-state index contributed by atoms with van der Waals surface area (Å²) in [5.41, 5.74) is 0.285. The average molecular weight is 339 g/mol. The van der Waals surface area contributed by atoms with Gasteiger partial charge in [0.1, 0.15) is 5.60 Å². The van der Waals surface area contributed by atoms with E-state index >= 15 is 0 Å². The van der Waals surface area contributed by atoms with E-state index in [1.807, 2.05) is 27.7 Å². The number of carbonyl (C=O) groups excluding carboxylic acids is 1. The Morgan fingerprint density at radius 2 is 1.85 bits per heavy atom. The first-order valence-corrected chi connectivity index (χ1v) is 7.34. The van der Waals surface area contributed by atoms with Crippen LogP contribution in [-0.2, 0) is 9.53 Å². The van der Waals surface area contributed by atoms with Gasteiger partial charge in [-0.1, -0.05) is 40.9 Å². The van der Waals surface area contributed by atoms with Crippen molar-refractivity contribution in [2.45, 2.75) is 39.3 Å². The van der Waals surface area contributed by atoms with Gasteiger partial charge in [0.15, 0.2) is 0 Å². The minimum atomic E-state index is -0.497. The van der Waals surface area contributed by atoms with Crippen molar-refractivity contribution in [2.24, 2.45) is 0 Å². The zero-order valence-electron chi connectivity index (χ0n) is 11.9. The zero-order valence-corrected chi connectivity index (χ0v) is 14.2. The lowest BCUT2D eigenvalue weighted by Gasteiger charge is -2.21. The Hall–Kier alpha value is -0.480. The van der Waals surface area contributed by atoms with Gasteiger partial charge >= 0.3 is 5.97 Å². The van der Waals surface area contributed by atoms with Crippen LogP contribution < -0.4 is 5.32 Å². The van der Waals surface area contributed by atoms with Gasteiger partial charge < -0.3 is 10.1 Å². The minimum absolute atomic E-state index is 0.0923. The van der Waals surface area contributed by atoms with E-state index in [1.165, 1.54) is 0 Å². The van der Waals surface area contributed by atoms with Crippen LogP contribution >= 0.6 is 34.8 Å². The summed E-state index contributed by atoms with van der Waals surface area (Å²) in [6, 6.07) is 3.31. The van der Waals surface area contributed by atoms with E-state index < -0.39 is 5.60 Å². The van der Waals surface area contributed by atoms with Crippen molar-refractivity contribution in [3.05, 3.63) is 32.8 Å². The molecule has 0 aliphatic heterocycles. The minimum Gasteiger partial charge on any atom is -0.459 e. The molecule has 20 heavy (non-hydrogen) atoms. The third-order valence-electron chi connectivity index (χ3n) is 2.50. The van der Waals surface area contributed by atoms with Crippen molar-refractivity contribution >= 4 is 40.8 Å². The summed E-state index contributed by atoms with van der Waals surface area (Å²) in [6.07, 6.45) is 0. The number of esters is 1. The number of hydrogen-bond acceptors (Lipinski definition) is 3. The fourth-order valence-electron chi connectivity index (χ4n) is 1.60. The molecular formula is C14H18Cl3NO2. The fourth-order valence-corrected chi connectivity index (χ4v) is 2.31. The Balaban J connectivity index is 2.66. The van der Waals surface area contributed by atoms with Crippen LogP contribution in [0.1, 0.15) is 39.3 Å². The van der Waals surface area contributed by atoms with Crippen LogP contribution in [0.5, 0.6) is 0 Å². The maximum absolute atomic E-state index is 11.6. The van der Waals surface area contributed by atoms with Crippen molar-refractivity contribution in [3.8, 4) is 0 Å². The van der Waals surface area contributed by atoms with E-state index in [0.29, 0.717) is 15.1 Å². The average Bonchev–Trinajstić information content (AvgIpc) is 2.31. The molecule has 0 aliphatic carbocycles. The predicted molar refractivity (Wildman–Crippen MR) is 83.7 cm³/mol. The second-order valence-corrected chi connectivity index (χ2v) is 6.62.